The number of quaternary nitrogens is 1. The Bertz CT molecular complexity index is 737. The summed E-state index contributed by atoms with van der Waals surface area (Å²) in [6.07, 6.45) is 1.06. The maximum Gasteiger partial charge on any atom is 0.349 e. The lowest BCUT2D eigenvalue weighted by atomic mass is 10.00. The van der Waals surface area contributed by atoms with Gasteiger partial charge in [0.1, 0.15) is 18.7 Å². The van der Waals surface area contributed by atoms with Crippen molar-refractivity contribution >= 4 is 28.6 Å². The van der Waals surface area contributed by atoms with Gasteiger partial charge in [-0.1, -0.05) is 12.1 Å². The Labute approximate surface area is 161 Å². The number of carbonyl (C=O) groups excluding carboxylic acids is 1. The molecule has 2 fully saturated rings. The minimum absolute atomic E-state index is 0.217. The number of hydrogen-bond donors (Lipinski definition) is 1. The van der Waals surface area contributed by atoms with Gasteiger partial charge >= 0.3 is 5.97 Å². The van der Waals surface area contributed by atoms with Crippen LogP contribution in [-0.4, -0.2) is 60.6 Å². The Kier molecular flexibility index (Phi) is 4.48. The molecule has 0 amide bonds. The summed E-state index contributed by atoms with van der Waals surface area (Å²) >= 11 is 2.72. The second-order valence-corrected chi connectivity index (χ2v) is 9.66. The summed E-state index contributed by atoms with van der Waals surface area (Å²) < 4.78 is 12.3. The molecule has 0 aromatic carbocycles. The molecule has 5 nitrogen and oxygen atoms in total. The minimum atomic E-state index is -1.74. The fraction of sp³-hybridized carbons (Fsp3) is 0.526. The Balaban J connectivity index is 1.55. The number of ether oxygens (including phenoxy) is 2. The average molecular weight is 395 g/mol. The van der Waals surface area contributed by atoms with Gasteiger partial charge in [-0.25, -0.2) is 4.79 Å². The number of aliphatic hydroxyl groups is 1. The van der Waals surface area contributed by atoms with Crippen molar-refractivity contribution in [1.29, 1.82) is 0 Å². The number of rotatable bonds is 5. The van der Waals surface area contributed by atoms with Crippen LogP contribution in [0.4, 0.5) is 0 Å². The normalized spacial score (nSPS) is 30.3. The van der Waals surface area contributed by atoms with Gasteiger partial charge in [-0.2, -0.15) is 0 Å². The highest BCUT2D eigenvalue weighted by Gasteiger charge is 2.56. The van der Waals surface area contributed by atoms with Crippen molar-refractivity contribution in [2.75, 3.05) is 20.6 Å². The lowest BCUT2D eigenvalue weighted by molar-refractivity contribution is -0.903. The molecule has 2 saturated heterocycles. The zero-order valence-corrected chi connectivity index (χ0v) is 16.8. The Morgan fingerprint density at radius 2 is 1.85 bits per heavy atom. The number of thiophene rings is 2. The lowest BCUT2D eigenvalue weighted by Crippen LogP contribution is -2.48. The van der Waals surface area contributed by atoms with Crippen molar-refractivity contribution in [2.45, 2.75) is 43.3 Å². The molecule has 1 N–H and O–H groups in total. The van der Waals surface area contributed by atoms with Crippen LogP contribution >= 0.6 is 22.7 Å². The van der Waals surface area contributed by atoms with Crippen LogP contribution in [0.1, 0.15) is 23.1 Å². The predicted molar refractivity (Wildman–Crippen MR) is 101 cm³/mol. The van der Waals surface area contributed by atoms with Crippen molar-refractivity contribution < 1.29 is 23.9 Å². The van der Waals surface area contributed by atoms with E-state index in [9.17, 15) is 9.90 Å². The molecule has 7 heteroatoms. The quantitative estimate of drug-likeness (QED) is 0.481. The number of likely N-dealkylation sites (N-methyl/N-ethyl adjacent to an activating group) is 1. The summed E-state index contributed by atoms with van der Waals surface area (Å²) in [5, 5.41) is 15.1. The second-order valence-electron chi connectivity index (χ2n) is 7.76. The lowest BCUT2D eigenvalue weighted by Gasteiger charge is -2.30. The van der Waals surface area contributed by atoms with Gasteiger partial charge in [0, 0.05) is 6.42 Å². The van der Waals surface area contributed by atoms with Crippen molar-refractivity contribution in [3.63, 3.8) is 0 Å². The van der Waals surface area contributed by atoms with Gasteiger partial charge in [0.25, 0.3) is 0 Å². The van der Waals surface area contributed by atoms with E-state index < -0.39 is 11.6 Å². The largest absolute Gasteiger partial charge is 0.453 e. The number of nitrogens with zero attached hydrogens (tertiary/aromatic N) is 1. The summed E-state index contributed by atoms with van der Waals surface area (Å²) in [4.78, 5) is 14.3. The number of esters is 1. The van der Waals surface area contributed by atoms with Gasteiger partial charge in [-0.3, -0.25) is 0 Å². The molecule has 4 rings (SSSR count). The van der Waals surface area contributed by atoms with E-state index in [4.69, 9.17) is 9.47 Å². The second kappa shape index (κ2) is 6.42. The van der Waals surface area contributed by atoms with Gasteiger partial charge in [0.2, 0.25) is 5.60 Å². The van der Waals surface area contributed by atoms with E-state index in [-0.39, 0.29) is 18.3 Å². The molecule has 0 aliphatic carbocycles. The molecule has 2 aromatic heterocycles. The topological polar surface area (TPSA) is 59.1 Å². The number of likely N-dealkylation sites (tertiary alicyclic amines) is 1. The summed E-state index contributed by atoms with van der Waals surface area (Å²) in [6.45, 7) is 2.81. The van der Waals surface area contributed by atoms with Crippen molar-refractivity contribution in [1.82, 2.24) is 0 Å². The fourth-order valence-electron chi connectivity index (χ4n) is 4.04. The molecule has 0 radical (unpaired) electrons. The summed E-state index contributed by atoms with van der Waals surface area (Å²) in [5.74, 6) is -0.585. The number of epoxide rings is 1. The van der Waals surface area contributed by atoms with E-state index >= 15 is 0 Å². The van der Waals surface area contributed by atoms with Crippen LogP contribution in [0.2, 0.25) is 0 Å². The third kappa shape index (κ3) is 3.01. The van der Waals surface area contributed by atoms with Crippen LogP contribution < -0.4 is 0 Å². The Morgan fingerprint density at radius 3 is 2.31 bits per heavy atom. The van der Waals surface area contributed by atoms with E-state index in [1.165, 1.54) is 22.7 Å². The van der Waals surface area contributed by atoms with Gasteiger partial charge in [-0.05, 0) is 29.8 Å². The zero-order valence-electron chi connectivity index (χ0n) is 15.1. The van der Waals surface area contributed by atoms with Crippen molar-refractivity contribution in [3.8, 4) is 0 Å². The van der Waals surface area contributed by atoms with Crippen LogP contribution in [0.5, 0.6) is 0 Å². The average Bonchev–Trinajstić information content (AvgIpc) is 3.07. The first-order valence-corrected chi connectivity index (χ1v) is 10.6. The summed E-state index contributed by atoms with van der Waals surface area (Å²) in [6, 6.07) is 7.55. The van der Waals surface area contributed by atoms with E-state index in [1.807, 2.05) is 22.9 Å². The molecule has 2 aliphatic heterocycles. The third-order valence-electron chi connectivity index (χ3n) is 5.54. The van der Waals surface area contributed by atoms with Crippen molar-refractivity contribution in [2.24, 2.45) is 0 Å². The molecule has 2 aliphatic rings. The maximum atomic E-state index is 13.1. The van der Waals surface area contributed by atoms with Crippen LogP contribution in [0, 0.1) is 0 Å². The molecule has 4 heterocycles. The molecule has 0 saturated carbocycles. The molecular weight excluding hydrogens is 370 g/mol. The third-order valence-corrected chi connectivity index (χ3v) is 7.50. The van der Waals surface area contributed by atoms with Gasteiger partial charge in [0.05, 0.1) is 30.0 Å². The van der Waals surface area contributed by atoms with Gasteiger partial charge in [-0.15, -0.1) is 22.7 Å². The molecule has 0 spiro atoms. The molecule has 4 unspecified atom stereocenters. The van der Waals surface area contributed by atoms with E-state index in [2.05, 4.69) is 21.0 Å². The van der Waals surface area contributed by atoms with Crippen LogP contribution in [-0.2, 0) is 19.9 Å². The first-order valence-electron chi connectivity index (χ1n) is 8.82. The minimum Gasteiger partial charge on any atom is -0.453 e. The smallest absolute Gasteiger partial charge is 0.349 e. The first kappa shape index (κ1) is 18.1. The van der Waals surface area contributed by atoms with E-state index in [1.54, 1.807) is 12.1 Å². The first-order chi connectivity index (χ1) is 12.3. The Morgan fingerprint density at radius 1 is 1.27 bits per heavy atom. The summed E-state index contributed by atoms with van der Waals surface area (Å²) in [7, 11) is 4.30. The van der Waals surface area contributed by atoms with E-state index in [0.29, 0.717) is 15.8 Å². The van der Waals surface area contributed by atoms with Gasteiger partial charge in [0.15, 0.2) is 6.10 Å². The zero-order chi connectivity index (χ0) is 18.5. The SMILES string of the molecule is CC1OC1C1CC(OC(=O)C(O)(c2cccs2)c2cccs2)C[N+]1(C)C. The van der Waals surface area contributed by atoms with E-state index in [0.717, 1.165) is 17.4 Å². The van der Waals surface area contributed by atoms with Crippen LogP contribution in [0.3, 0.4) is 0 Å². The molecule has 140 valence electrons. The standard InChI is InChI=1S/C19H24NO4S2/c1-12-17(23-12)14-10-13(11-20(14,2)3)24-18(21)19(22,15-6-4-8-25-15)16-7-5-9-26-16/h4-9,12-14,17,22H,10-11H2,1-3H3/q+1. The Hall–Kier alpha value is -1.25. The van der Waals surface area contributed by atoms with Crippen LogP contribution in [0.25, 0.3) is 0 Å². The molecule has 26 heavy (non-hydrogen) atoms. The molecule has 4 atom stereocenters. The molecule has 0 bridgehead atoms. The summed E-state index contributed by atoms with van der Waals surface area (Å²) in [5.41, 5.74) is -1.74. The monoisotopic (exact) mass is 394 g/mol. The fourth-order valence-corrected chi connectivity index (χ4v) is 5.75. The predicted octanol–water partition coefficient (Wildman–Crippen LogP) is 2.59. The highest BCUT2D eigenvalue weighted by molar-refractivity contribution is 7.12. The van der Waals surface area contributed by atoms with Crippen LogP contribution in [0.15, 0.2) is 35.0 Å². The number of carbonyl (C=O) groups is 1. The molecule has 2 aromatic rings. The van der Waals surface area contributed by atoms with Gasteiger partial charge < -0.3 is 19.1 Å². The highest BCUT2D eigenvalue weighted by Crippen LogP contribution is 2.40. The highest BCUT2D eigenvalue weighted by atomic mass is 32.1. The van der Waals surface area contributed by atoms with Crippen molar-refractivity contribution in [3.05, 3.63) is 44.8 Å². The maximum absolute atomic E-state index is 13.1. The number of hydrogen-bond acceptors (Lipinski definition) is 6. The molecular formula is C19H24NO4S2+.